The Morgan fingerprint density at radius 2 is 1.36 bits per heavy atom. The van der Waals surface area contributed by atoms with E-state index in [1.807, 2.05) is 41.5 Å². The summed E-state index contributed by atoms with van der Waals surface area (Å²) in [4.78, 5) is 11.4. The standard InChI is InChI=1S/C11H20O2.Sr/c1-10(2,3)8(12)7-9(13)11(4,5)6;/h7,12H,1-6H3;/q;+2/p-1/b8-7-;. The minimum Gasteiger partial charge on any atom is -0.875 e. The first-order chi connectivity index (χ1) is 5.55. The van der Waals surface area contributed by atoms with Crippen molar-refractivity contribution in [1.29, 1.82) is 0 Å². The van der Waals surface area contributed by atoms with E-state index in [1.165, 1.54) is 6.08 Å². The molecule has 14 heavy (non-hydrogen) atoms. The van der Waals surface area contributed by atoms with E-state index >= 15 is 0 Å². The number of carbonyl (C=O) groups is 1. The largest absolute Gasteiger partial charge is 2.00 e. The van der Waals surface area contributed by atoms with Crippen LogP contribution < -0.4 is 5.11 Å². The minimum atomic E-state index is -0.457. The second kappa shape index (κ2) is 5.69. The van der Waals surface area contributed by atoms with E-state index in [9.17, 15) is 9.90 Å². The predicted octanol–water partition coefficient (Wildman–Crippen LogP) is 1.51. The van der Waals surface area contributed by atoms with Crippen LogP contribution in [0.25, 0.3) is 0 Å². The van der Waals surface area contributed by atoms with Gasteiger partial charge in [-0.3, -0.25) is 4.79 Å². The Kier molecular flexibility index (Phi) is 6.94. The second-order valence-corrected chi connectivity index (χ2v) is 5.37. The molecule has 3 heteroatoms. The van der Waals surface area contributed by atoms with Crippen LogP contribution in [0.3, 0.4) is 0 Å². The van der Waals surface area contributed by atoms with Gasteiger partial charge in [0.15, 0.2) is 5.78 Å². The molecule has 0 bridgehead atoms. The summed E-state index contributed by atoms with van der Waals surface area (Å²) in [7, 11) is 0. The summed E-state index contributed by atoms with van der Waals surface area (Å²) in [5.41, 5.74) is -0.915. The Balaban J connectivity index is 0. The Bertz CT molecular complexity index is 229. The molecular weight excluding hydrogens is 252 g/mol. The summed E-state index contributed by atoms with van der Waals surface area (Å²) >= 11 is 0. The number of ketones is 1. The molecule has 0 saturated heterocycles. The number of rotatable bonds is 1. The fourth-order valence-electron chi connectivity index (χ4n) is 0.552. The Morgan fingerprint density at radius 1 is 1.00 bits per heavy atom. The Hall–Kier alpha value is 0.691. The zero-order chi connectivity index (χ0) is 10.9. The molecule has 0 aliphatic heterocycles. The second-order valence-electron chi connectivity index (χ2n) is 5.37. The van der Waals surface area contributed by atoms with Crippen molar-refractivity contribution < 1.29 is 9.90 Å². The summed E-state index contributed by atoms with van der Waals surface area (Å²) in [5.74, 6) is -0.208. The van der Waals surface area contributed by atoms with E-state index in [4.69, 9.17) is 0 Å². The molecule has 0 aromatic heterocycles. The van der Waals surface area contributed by atoms with Gasteiger partial charge in [-0.15, -0.1) is 5.76 Å². The number of allylic oxidation sites excluding steroid dienone is 2. The van der Waals surface area contributed by atoms with E-state index in [0.29, 0.717) is 0 Å². The normalized spacial score (nSPS) is 13.4. The fourth-order valence-corrected chi connectivity index (χ4v) is 0.552. The first-order valence-corrected chi connectivity index (χ1v) is 4.49. The molecule has 76 valence electrons. The number of carbonyl (C=O) groups excluding carboxylic acids is 1. The van der Waals surface area contributed by atoms with Crippen LogP contribution in [-0.4, -0.2) is 51.3 Å². The van der Waals surface area contributed by atoms with Crippen LogP contribution in [0.5, 0.6) is 0 Å². The van der Waals surface area contributed by atoms with Crippen molar-refractivity contribution in [2.75, 3.05) is 0 Å². The molecule has 0 spiro atoms. The zero-order valence-corrected chi connectivity index (χ0v) is 13.6. The van der Waals surface area contributed by atoms with Gasteiger partial charge in [-0.05, 0) is 11.5 Å². The van der Waals surface area contributed by atoms with Crippen LogP contribution in [0.15, 0.2) is 11.8 Å². The van der Waals surface area contributed by atoms with Crippen LogP contribution in [0.4, 0.5) is 0 Å². The van der Waals surface area contributed by atoms with Crippen molar-refractivity contribution in [2.45, 2.75) is 41.5 Å². The van der Waals surface area contributed by atoms with Crippen molar-refractivity contribution in [3.05, 3.63) is 11.8 Å². The molecule has 0 amide bonds. The maximum atomic E-state index is 11.4. The smallest absolute Gasteiger partial charge is 0.875 e. The molecule has 0 aromatic carbocycles. The third kappa shape index (κ3) is 6.23. The van der Waals surface area contributed by atoms with Gasteiger partial charge < -0.3 is 5.11 Å². The van der Waals surface area contributed by atoms with Crippen molar-refractivity contribution in [2.24, 2.45) is 10.8 Å². The number of hydrogen-bond acceptors (Lipinski definition) is 2. The summed E-state index contributed by atoms with van der Waals surface area (Å²) in [6.07, 6.45) is 1.22. The van der Waals surface area contributed by atoms with Gasteiger partial charge in [0.2, 0.25) is 0 Å². The predicted molar refractivity (Wildman–Crippen MR) is 57.8 cm³/mol. The van der Waals surface area contributed by atoms with Crippen LogP contribution in [0.1, 0.15) is 41.5 Å². The van der Waals surface area contributed by atoms with Gasteiger partial charge in [-0.2, -0.15) is 0 Å². The molecule has 0 fully saturated rings. The first kappa shape index (κ1) is 17.1. The quantitative estimate of drug-likeness (QED) is 0.412. The fraction of sp³-hybridized carbons (Fsp3) is 0.727. The molecule has 0 rings (SSSR count). The average molecular weight is 271 g/mol. The summed E-state index contributed by atoms with van der Waals surface area (Å²) < 4.78 is 0. The van der Waals surface area contributed by atoms with Crippen LogP contribution in [0.2, 0.25) is 0 Å². The molecule has 0 radical (unpaired) electrons. The van der Waals surface area contributed by atoms with Gasteiger partial charge in [0.25, 0.3) is 0 Å². The van der Waals surface area contributed by atoms with E-state index in [-0.39, 0.29) is 57.0 Å². The maximum Gasteiger partial charge on any atom is 2.00 e. The van der Waals surface area contributed by atoms with Crippen LogP contribution >= 0.6 is 0 Å². The van der Waals surface area contributed by atoms with Crippen molar-refractivity contribution >= 4 is 51.3 Å². The maximum absolute atomic E-state index is 11.4. The molecule has 0 atom stereocenters. The van der Waals surface area contributed by atoms with E-state index in [1.54, 1.807) is 0 Å². The van der Waals surface area contributed by atoms with Gasteiger partial charge >= 0.3 is 45.5 Å². The SMILES string of the molecule is CC(C)(C)C(=O)/C=C(\[O-])C(C)(C)C.[Sr+2]. The molecule has 0 aliphatic rings. The minimum absolute atomic E-state index is 0. The summed E-state index contributed by atoms with van der Waals surface area (Å²) in [5, 5.41) is 11.4. The first-order valence-electron chi connectivity index (χ1n) is 4.49. The topological polar surface area (TPSA) is 40.1 Å². The number of hydrogen-bond donors (Lipinski definition) is 0. The van der Waals surface area contributed by atoms with Crippen LogP contribution in [-0.2, 0) is 4.79 Å². The molecule has 0 heterocycles. The summed E-state index contributed by atoms with van der Waals surface area (Å²) in [6, 6.07) is 0. The van der Waals surface area contributed by atoms with Gasteiger partial charge in [0.05, 0.1) is 0 Å². The van der Waals surface area contributed by atoms with Gasteiger partial charge in [0.1, 0.15) is 0 Å². The Labute approximate surface area is 124 Å². The molecule has 0 N–H and O–H groups in total. The van der Waals surface area contributed by atoms with Gasteiger partial charge in [0, 0.05) is 5.41 Å². The third-order valence-electron chi connectivity index (χ3n) is 1.74. The van der Waals surface area contributed by atoms with Gasteiger partial charge in [-0.25, -0.2) is 0 Å². The van der Waals surface area contributed by atoms with Crippen LogP contribution in [0, 0.1) is 10.8 Å². The van der Waals surface area contributed by atoms with E-state index in [0.717, 1.165) is 0 Å². The zero-order valence-electron chi connectivity index (χ0n) is 10.1. The molecule has 0 saturated carbocycles. The van der Waals surface area contributed by atoms with Crippen molar-refractivity contribution in [1.82, 2.24) is 0 Å². The van der Waals surface area contributed by atoms with Gasteiger partial charge in [-0.1, -0.05) is 41.5 Å². The molecular formula is C11H19O2Sr+. The molecule has 2 nitrogen and oxygen atoms in total. The summed E-state index contributed by atoms with van der Waals surface area (Å²) in [6.45, 7) is 10.8. The molecule has 0 aromatic rings. The molecule has 0 unspecified atom stereocenters. The monoisotopic (exact) mass is 271 g/mol. The average Bonchev–Trinajstić information content (AvgIpc) is 1.82. The molecule has 0 aliphatic carbocycles. The van der Waals surface area contributed by atoms with E-state index in [2.05, 4.69) is 0 Å². The van der Waals surface area contributed by atoms with E-state index < -0.39 is 10.8 Å². The van der Waals surface area contributed by atoms with Crippen molar-refractivity contribution in [3.63, 3.8) is 0 Å². The third-order valence-corrected chi connectivity index (χ3v) is 1.74. The van der Waals surface area contributed by atoms with Crippen molar-refractivity contribution in [3.8, 4) is 0 Å². The Morgan fingerprint density at radius 3 is 1.57 bits per heavy atom.